The van der Waals surface area contributed by atoms with Crippen LogP contribution in [0.5, 0.6) is 0 Å². The van der Waals surface area contributed by atoms with E-state index in [4.69, 9.17) is 9.97 Å². The van der Waals surface area contributed by atoms with E-state index in [0.29, 0.717) is 5.95 Å². The number of rotatable bonds is 8. The van der Waals surface area contributed by atoms with E-state index in [1.54, 1.807) is 0 Å². The first kappa shape index (κ1) is 17.2. The molecule has 1 N–H and O–H groups in total. The number of nitrogens with zero attached hydrogens (tertiary/aromatic N) is 3. The van der Waals surface area contributed by atoms with Crippen LogP contribution >= 0.6 is 0 Å². The summed E-state index contributed by atoms with van der Waals surface area (Å²) in [5.41, 5.74) is 2.21. The molecule has 4 nitrogen and oxygen atoms in total. The molecule has 0 aliphatic heterocycles. The Morgan fingerprint density at radius 2 is 1.52 bits per heavy atom. The second-order valence-corrected chi connectivity index (χ2v) is 6.21. The van der Waals surface area contributed by atoms with Gasteiger partial charge in [-0.2, -0.15) is 4.98 Å². The average Bonchev–Trinajstić information content (AvgIpc) is 2.66. The van der Waals surface area contributed by atoms with Crippen molar-refractivity contribution in [1.82, 2.24) is 9.97 Å². The van der Waals surface area contributed by atoms with Crippen molar-refractivity contribution in [2.75, 3.05) is 23.3 Å². The molecule has 25 heavy (non-hydrogen) atoms. The van der Waals surface area contributed by atoms with E-state index >= 15 is 0 Å². The second-order valence-electron chi connectivity index (χ2n) is 6.21. The molecular formula is C21H26N4. The van der Waals surface area contributed by atoms with Crippen LogP contribution in [0.15, 0.2) is 54.6 Å². The van der Waals surface area contributed by atoms with Crippen molar-refractivity contribution in [3.05, 3.63) is 60.2 Å². The number of hydrogen-bond donors (Lipinski definition) is 1. The second kappa shape index (κ2) is 8.47. The average molecular weight is 334 g/mol. The van der Waals surface area contributed by atoms with Crippen LogP contribution in [0.1, 0.15) is 32.3 Å². The largest absolute Gasteiger partial charge is 0.356 e. The minimum atomic E-state index is 0.690. The van der Waals surface area contributed by atoms with Gasteiger partial charge < -0.3 is 10.2 Å². The number of hydrogen-bond acceptors (Lipinski definition) is 4. The molecule has 3 aromatic rings. The zero-order valence-electron chi connectivity index (χ0n) is 15.1. The Balaban J connectivity index is 1.93. The maximum atomic E-state index is 4.86. The van der Waals surface area contributed by atoms with Crippen molar-refractivity contribution in [3.63, 3.8) is 0 Å². The lowest BCUT2D eigenvalue weighted by Gasteiger charge is -2.24. The third-order valence-corrected chi connectivity index (χ3v) is 4.16. The molecule has 0 atom stereocenters. The van der Waals surface area contributed by atoms with E-state index in [9.17, 15) is 0 Å². The number of nitrogens with one attached hydrogen (secondary N) is 1. The van der Waals surface area contributed by atoms with Gasteiger partial charge in [-0.05, 0) is 30.5 Å². The van der Waals surface area contributed by atoms with Gasteiger partial charge in [0.1, 0.15) is 5.82 Å². The van der Waals surface area contributed by atoms with Crippen molar-refractivity contribution < 1.29 is 0 Å². The molecule has 1 aromatic heterocycles. The predicted octanol–water partition coefficient (Wildman–Crippen LogP) is 4.87. The molecule has 0 bridgehead atoms. The normalized spacial score (nSPS) is 10.8. The molecule has 0 amide bonds. The molecule has 1 heterocycles. The van der Waals surface area contributed by atoms with Gasteiger partial charge in [-0.1, -0.05) is 56.3 Å². The van der Waals surface area contributed by atoms with Gasteiger partial charge in [0.05, 0.1) is 5.52 Å². The lowest BCUT2D eigenvalue weighted by Crippen LogP contribution is -2.26. The smallest absolute Gasteiger partial charge is 0.225 e. The summed E-state index contributed by atoms with van der Waals surface area (Å²) < 4.78 is 0. The Bertz CT molecular complexity index is 795. The molecule has 4 heteroatoms. The number of anilines is 2. The minimum Gasteiger partial charge on any atom is -0.356 e. The number of benzene rings is 2. The molecule has 0 aliphatic carbocycles. The first-order valence-electron chi connectivity index (χ1n) is 9.11. The number of para-hydroxylation sites is 1. The van der Waals surface area contributed by atoms with E-state index in [2.05, 4.69) is 54.4 Å². The Kier molecular flexibility index (Phi) is 5.83. The van der Waals surface area contributed by atoms with Gasteiger partial charge in [-0.15, -0.1) is 0 Å². The molecule has 0 spiro atoms. The van der Waals surface area contributed by atoms with Crippen LogP contribution in [-0.4, -0.2) is 23.1 Å². The lowest BCUT2D eigenvalue weighted by molar-refractivity contribution is 0.736. The van der Waals surface area contributed by atoms with Gasteiger partial charge in [0, 0.05) is 25.0 Å². The zero-order valence-corrected chi connectivity index (χ0v) is 15.1. The highest BCUT2D eigenvalue weighted by atomic mass is 15.2. The van der Waals surface area contributed by atoms with Gasteiger partial charge in [0.25, 0.3) is 0 Å². The van der Waals surface area contributed by atoms with E-state index in [1.165, 1.54) is 5.56 Å². The van der Waals surface area contributed by atoms with Crippen LogP contribution in [0.25, 0.3) is 10.9 Å². The first-order valence-corrected chi connectivity index (χ1v) is 9.11. The van der Waals surface area contributed by atoms with E-state index < -0.39 is 0 Å². The van der Waals surface area contributed by atoms with E-state index in [-0.39, 0.29) is 0 Å². The fourth-order valence-corrected chi connectivity index (χ4v) is 3.02. The summed E-state index contributed by atoms with van der Waals surface area (Å²) in [6.07, 6.45) is 2.20. The van der Waals surface area contributed by atoms with Gasteiger partial charge >= 0.3 is 0 Å². The molecule has 0 radical (unpaired) electrons. The Morgan fingerprint density at radius 3 is 2.24 bits per heavy atom. The van der Waals surface area contributed by atoms with Crippen molar-refractivity contribution in [2.45, 2.75) is 33.2 Å². The molecule has 0 fully saturated rings. The van der Waals surface area contributed by atoms with Crippen molar-refractivity contribution in [3.8, 4) is 0 Å². The monoisotopic (exact) mass is 334 g/mol. The molecule has 3 rings (SSSR count). The Labute approximate surface area is 149 Å². The van der Waals surface area contributed by atoms with E-state index in [1.807, 2.05) is 24.3 Å². The van der Waals surface area contributed by atoms with Crippen LogP contribution in [0, 0.1) is 0 Å². The Morgan fingerprint density at radius 1 is 0.840 bits per heavy atom. The lowest BCUT2D eigenvalue weighted by atomic mass is 10.2. The Hall–Kier alpha value is -2.62. The summed E-state index contributed by atoms with van der Waals surface area (Å²) >= 11 is 0. The standard InChI is InChI=1S/C21H26N4/c1-3-14-25(15-4-2)20-18-12-8-9-13-19(18)23-21(24-20)22-16-17-10-6-5-7-11-17/h5-13H,3-4,14-16H2,1-2H3,(H,22,23,24). The number of aromatic nitrogens is 2. The molecule has 0 saturated heterocycles. The molecule has 0 unspecified atom stereocenters. The van der Waals surface area contributed by atoms with Crippen LogP contribution in [0.4, 0.5) is 11.8 Å². The van der Waals surface area contributed by atoms with Crippen molar-refractivity contribution in [2.24, 2.45) is 0 Å². The highest BCUT2D eigenvalue weighted by molar-refractivity contribution is 5.90. The SMILES string of the molecule is CCCN(CCC)c1nc(NCc2ccccc2)nc2ccccc12. The summed E-state index contributed by atoms with van der Waals surface area (Å²) in [5, 5.41) is 4.50. The topological polar surface area (TPSA) is 41.1 Å². The maximum absolute atomic E-state index is 4.86. The van der Waals surface area contributed by atoms with Crippen molar-refractivity contribution >= 4 is 22.7 Å². The fourth-order valence-electron chi connectivity index (χ4n) is 3.02. The molecule has 0 saturated carbocycles. The summed E-state index contributed by atoms with van der Waals surface area (Å²) in [4.78, 5) is 11.9. The van der Waals surface area contributed by atoms with E-state index in [0.717, 1.165) is 49.2 Å². The zero-order chi connectivity index (χ0) is 17.5. The summed E-state index contributed by atoms with van der Waals surface area (Å²) in [6.45, 7) is 7.15. The third-order valence-electron chi connectivity index (χ3n) is 4.16. The third kappa shape index (κ3) is 4.27. The van der Waals surface area contributed by atoms with Gasteiger partial charge in [-0.3, -0.25) is 0 Å². The highest BCUT2D eigenvalue weighted by Gasteiger charge is 2.13. The highest BCUT2D eigenvalue weighted by Crippen LogP contribution is 2.26. The maximum Gasteiger partial charge on any atom is 0.225 e. The minimum absolute atomic E-state index is 0.690. The van der Waals surface area contributed by atoms with Crippen LogP contribution in [0.3, 0.4) is 0 Å². The first-order chi connectivity index (χ1) is 12.3. The van der Waals surface area contributed by atoms with Crippen LogP contribution < -0.4 is 10.2 Å². The van der Waals surface area contributed by atoms with Gasteiger partial charge in [0.2, 0.25) is 5.95 Å². The summed E-state index contributed by atoms with van der Waals surface area (Å²) in [5.74, 6) is 1.72. The summed E-state index contributed by atoms with van der Waals surface area (Å²) in [7, 11) is 0. The van der Waals surface area contributed by atoms with Crippen LogP contribution in [-0.2, 0) is 6.54 Å². The quantitative estimate of drug-likeness (QED) is 0.638. The molecule has 2 aromatic carbocycles. The fraction of sp³-hybridized carbons (Fsp3) is 0.333. The molecule has 0 aliphatic rings. The predicted molar refractivity (Wildman–Crippen MR) is 106 cm³/mol. The van der Waals surface area contributed by atoms with Gasteiger partial charge in [0.15, 0.2) is 0 Å². The van der Waals surface area contributed by atoms with Crippen molar-refractivity contribution in [1.29, 1.82) is 0 Å². The number of fused-ring (bicyclic) bond motifs is 1. The van der Waals surface area contributed by atoms with Gasteiger partial charge in [-0.25, -0.2) is 4.98 Å². The van der Waals surface area contributed by atoms with Crippen LogP contribution in [0.2, 0.25) is 0 Å². The molecule has 130 valence electrons. The summed E-state index contributed by atoms with van der Waals surface area (Å²) in [6, 6.07) is 18.6. The molecular weight excluding hydrogens is 308 g/mol.